The zero-order valence-corrected chi connectivity index (χ0v) is 12.6. The number of hydrogen-bond donors (Lipinski definition) is 2. The second kappa shape index (κ2) is 7.26. The van der Waals surface area contributed by atoms with Crippen LogP contribution in [-0.4, -0.2) is 48.7 Å². The number of nitrogens with zero attached hydrogens (tertiary/aromatic N) is 1. The van der Waals surface area contributed by atoms with Gasteiger partial charge >= 0.3 is 0 Å². The monoisotopic (exact) mass is 286 g/mol. The second-order valence-electron chi connectivity index (χ2n) is 5.48. The van der Waals surface area contributed by atoms with Gasteiger partial charge in [-0.3, -0.25) is 4.79 Å². The molecule has 1 unspecified atom stereocenters. The number of aliphatic hydroxyl groups excluding tert-OH is 1. The molecule has 1 saturated heterocycles. The van der Waals surface area contributed by atoms with Gasteiger partial charge in [0.15, 0.2) is 0 Å². The molecule has 1 aromatic rings. The van der Waals surface area contributed by atoms with Crippen molar-refractivity contribution in [2.75, 3.05) is 26.7 Å². The first-order chi connectivity index (χ1) is 10.1. The van der Waals surface area contributed by atoms with Gasteiger partial charge in [0.2, 0.25) is 0 Å². The molecule has 0 radical (unpaired) electrons. The van der Waals surface area contributed by atoms with Crippen molar-refractivity contribution in [3.8, 4) is 11.8 Å². The molecule has 0 bridgehead atoms. The molecule has 0 spiro atoms. The van der Waals surface area contributed by atoms with Crippen LogP contribution in [0.25, 0.3) is 0 Å². The Morgan fingerprint density at radius 2 is 2.33 bits per heavy atom. The summed E-state index contributed by atoms with van der Waals surface area (Å²) < 4.78 is 0. The average Bonchev–Trinajstić information content (AvgIpc) is 2.89. The van der Waals surface area contributed by atoms with E-state index in [0.29, 0.717) is 18.2 Å². The fourth-order valence-electron chi connectivity index (χ4n) is 2.58. The van der Waals surface area contributed by atoms with Crippen molar-refractivity contribution in [2.45, 2.75) is 25.8 Å². The minimum absolute atomic E-state index is 0.0673. The molecule has 1 aliphatic heterocycles. The van der Waals surface area contributed by atoms with E-state index < -0.39 is 0 Å². The number of hydrogen-bond acceptors (Lipinski definition) is 3. The smallest absolute Gasteiger partial charge is 0.251 e. The SMILES string of the molecule is Cc1ccc(C(=O)NCC2CCCN2C)cc1C#CCO. The van der Waals surface area contributed by atoms with Crippen molar-refractivity contribution in [1.29, 1.82) is 0 Å². The summed E-state index contributed by atoms with van der Waals surface area (Å²) >= 11 is 0. The van der Waals surface area contributed by atoms with Crippen molar-refractivity contribution < 1.29 is 9.90 Å². The lowest BCUT2D eigenvalue weighted by molar-refractivity contribution is 0.0943. The molecule has 21 heavy (non-hydrogen) atoms. The van der Waals surface area contributed by atoms with Crippen LogP contribution in [0.15, 0.2) is 18.2 Å². The van der Waals surface area contributed by atoms with Crippen molar-refractivity contribution in [3.63, 3.8) is 0 Å². The fraction of sp³-hybridized carbons (Fsp3) is 0.471. The van der Waals surface area contributed by atoms with Gasteiger partial charge in [0, 0.05) is 23.7 Å². The van der Waals surface area contributed by atoms with E-state index in [9.17, 15) is 4.79 Å². The molecule has 1 atom stereocenters. The number of carbonyl (C=O) groups is 1. The lowest BCUT2D eigenvalue weighted by Gasteiger charge is -2.19. The summed E-state index contributed by atoms with van der Waals surface area (Å²) in [6, 6.07) is 5.92. The Morgan fingerprint density at radius 3 is 3.00 bits per heavy atom. The predicted octanol–water partition coefficient (Wildman–Crippen LogP) is 1.16. The van der Waals surface area contributed by atoms with E-state index in [2.05, 4.69) is 29.1 Å². The minimum Gasteiger partial charge on any atom is -0.384 e. The van der Waals surface area contributed by atoms with Crippen LogP contribution >= 0.6 is 0 Å². The van der Waals surface area contributed by atoms with Gasteiger partial charge in [-0.25, -0.2) is 0 Å². The number of likely N-dealkylation sites (tertiary alicyclic amines) is 1. The van der Waals surface area contributed by atoms with E-state index in [1.165, 1.54) is 6.42 Å². The second-order valence-corrected chi connectivity index (χ2v) is 5.48. The van der Waals surface area contributed by atoms with Crippen molar-refractivity contribution in [1.82, 2.24) is 10.2 Å². The van der Waals surface area contributed by atoms with Gasteiger partial charge in [-0.1, -0.05) is 17.9 Å². The van der Waals surface area contributed by atoms with Crippen LogP contribution in [0.1, 0.15) is 34.3 Å². The summed E-state index contributed by atoms with van der Waals surface area (Å²) in [5.74, 6) is 5.43. The number of benzene rings is 1. The Morgan fingerprint density at radius 1 is 1.52 bits per heavy atom. The summed E-state index contributed by atoms with van der Waals surface area (Å²) in [5.41, 5.74) is 2.40. The molecule has 1 fully saturated rings. The Labute approximate surface area is 126 Å². The Kier molecular flexibility index (Phi) is 5.38. The van der Waals surface area contributed by atoms with E-state index in [1.54, 1.807) is 6.07 Å². The van der Waals surface area contributed by atoms with Gasteiger partial charge in [-0.15, -0.1) is 0 Å². The van der Waals surface area contributed by atoms with Gasteiger partial charge in [-0.05, 0) is 51.1 Å². The average molecular weight is 286 g/mol. The van der Waals surface area contributed by atoms with Gasteiger partial charge in [-0.2, -0.15) is 0 Å². The van der Waals surface area contributed by atoms with Crippen LogP contribution in [0.2, 0.25) is 0 Å². The number of aryl methyl sites for hydroxylation is 1. The lowest BCUT2D eigenvalue weighted by atomic mass is 10.0. The van der Waals surface area contributed by atoms with Crippen molar-refractivity contribution >= 4 is 5.91 Å². The largest absolute Gasteiger partial charge is 0.384 e. The van der Waals surface area contributed by atoms with E-state index in [0.717, 1.165) is 24.1 Å². The molecule has 4 nitrogen and oxygen atoms in total. The van der Waals surface area contributed by atoms with Gasteiger partial charge in [0.1, 0.15) is 6.61 Å². The topological polar surface area (TPSA) is 52.6 Å². The number of amides is 1. The number of likely N-dealkylation sites (N-methyl/N-ethyl adjacent to an activating group) is 1. The standard InChI is InChI=1S/C17H22N2O2/c1-13-7-8-15(11-14(13)5-4-10-20)17(21)18-12-16-6-3-9-19(16)2/h7-8,11,16,20H,3,6,9-10,12H2,1-2H3,(H,18,21). The Balaban J connectivity index is 2.02. The fourth-order valence-corrected chi connectivity index (χ4v) is 2.58. The Hall–Kier alpha value is -1.83. The molecule has 112 valence electrons. The molecule has 4 heteroatoms. The lowest BCUT2D eigenvalue weighted by Crippen LogP contribution is -2.38. The van der Waals surface area contributed by atoms with Gasteiger partial charge in [0.05, 0.1) is 0 Å². The van der Waals surface area contributed by atoms with Crippen molar-refractivity contribution in [3.05, 3.63) is 34.9 Å². The van der Waals surface area contributed by atoms with Gasteiger partial charge in [0.25, 0.3) is 5.91 Å². The highest BCUT2D eigenvalue weighted by molar-refractivity contribution is 5.94. The van der Waals surface area contributed by atoms with E-state index in [4.69, 9.17) is 5.11 Å². The van der Waals surface area contributed by atoms with E-state index in [1.807, 2.05) is 19.1 Å². The molecule has 0 saturated carbocycles. The number of rotatable bonds is 3. The molecule has 0 aromatic heterocycles. The number of nitrogens with one attached hydrogen (secondary N) is 1. The third kappa shape index (κ3) is 4.07. The molecule has 1 amide bonds. The maximum Gasteiger partial charge on any atom is 0.251 e. The first-order valence-corrected chi connectivity index (χ1v) is 7.30. The zero-order valence-electron chi connectivity index (χ0n) is 12.6. The molecule has 2 N–H and O–H groups in total. The maximum atomic E-state index is 12.2. The maximum absolute atomic E-state index is 12.2. The van der Waals surface area contributed by atoms with Gasteiger partial charge < -0.3 is 15.3 Å². The predicted molar refractivity (Wildman–Crippen MR) is 83.1 cm³/mol. The molecular weight excluding hydrogens is 264 g/mol. The molecule has 1 aromatic carbocycles. The van der Waals surface area contributed by atoms with Crippen LogP contribution in [0.3, 0.4) is 0 Å². The quantitative estimate of drug-likeness (QED) is 0.820. The zero-order chi connectivity index (χ0) is 15.2. The number of aliphatic hydroxyl groups is 1. The van der Waals surface area contributed by atoms with Crippen LogP contribution < -0.4 is 5.32 Å². The summed E-state index contributed by atoms with van der Waals surface area (Å²) in [6.45, 7) is 3.55. The molecule has 2 rings (SSSR count). The normalized spacial score (nSPS) is 18.1. The molecule has 1 heterocycles. The first-order valence-electron chi connectivity index (χ1n) is 7.30. The highest BCUT2D eigenvalue weighted by atomic mass is 16.2. The summed E-state index contributed by atoms with van der Waals surface area (Å²) in [5, 5.41) is 11.8. The molecular formula is C17H22N2O2. The Bertz CT molecular complexity index is 572. The summed E-state index contributed by atoms with van der Waals surface area (Å²) in [7, 11) is 2.10. The third-order valence-electron chi connectivity index (χ3n) is 3.97. The summed E-state index contributed by atoms with van der Waals surface area (Å²) in [4.78, 5) is 14.5. The number of carbonyl (C=O) groups excluding carboxylic acids is 1. The van der Waals surface area contributed by atoms with Crippen LogP contribution in [0, 0.1) is 18.8 Å². The van der Waals surface area contributed by atoms with Crippen molar-refractivity contribution in [2.24, 2.45) is 0 Å². The van der Waals surface area contributed by atoms with E-state index >= 15 is 0 Å². The third-order valence-corrected chi connectivity index (χ3v) is 3.97. The van der Waals surface area contributed by atoms with E-state index in [-0.39, 0.29) is 12.5 Å². The van der Waals surface area contributed by atoms with Crippen LogP contribution in [0.4, 0.5) is 0 Å². The highest BCUT2D eigenvalue weighted by Crippen LogP contribution is 2.14. The summed E-state index contributed by atoms with van der Waals surface area (Å²) in [6.07, 6.45) is 2.33. The highest BCUT2D eigenvalue weighted by Gasteiger charge is 2.21. The molecule has 1 aliphatic rings. The minimum atomic E-state index is -0.177. The molecule has 0 aliphatic carbocycles. The van der Waals surface area contributed by atoms with Crippen LogP contribution in [0.5, 0.6) is 0 Å². The first kappa shape index (κ1) is 15.6. The van der Waals surface area contributed by atoms with Crippen LogP contribution in [-0.2, 0) is 0 Å².